The Kier molecular flexibility index (Phi) is 4.82. The Morgan fingerprint density at radius 3 is 2.60 bits per heavy atom. The Labute approximate surface area is 92.5 Å². The largest absolute Gasteiger partial charge is 0.336 e. The zero-order valence-electron chi connectivity index (χ0n) is 9.83. The van der Waals surface area contributed by atoms with E-state index in [0.29, 0.717) is 25.2 Å². The summed E-state index contributed by atoms with van der Waals surface area (Å²) in [4.78, 5) is 14.0. The number of amides is 1. The summed E-state index contributed by atoms with van der Waals surface area (Å²) in [5, 5.41) is 3.06. The minimum absolute atomic E-state index is 0.219. The van der Waals surface area contributed by atoms with Crippen molar-refractivity contribution in [2.45, 2.75) is 45.2 Å². The van der Waals surface area contributed by atoms with Crippen LogP contribution in [0, 0.1) is 0 Å². The Hall–Kier alpha value is -0.830. The highest BCUT2D eigenvalue weighted by Gasteiger charge is 2.28. The van der Waals surface area contributed by atoms with Crippen molar-refractivity contribution in [3.8, 4) is 0 Å². The molecule has 86 valence electrons. The highest BCUT2D eigenvalue weighted by atomic mass is 16.2. The quantitative estimate of drug-likeness (QED) is 0.564. The van der Waals surface area contributed by atoms with Crippen molar-refractivity contribution in [2.75, 3.05) is 13.1 Å². The number of hydrogen-bond acceptors (Lipinski definition) is 2. The van der Waals surface area contributed by atoms with E-state index in [-0.39, 0.29) is 5.91 Å². The third-order valence-corrected chi connectivity index (χ3v) is 3.05. The molecule has 0 aliphatic carbocycles. The summed E-state index contributed by atoms with van der Waals surface area (Å²) in [5.74, 6) is 0.219. The number of piperidine rings is 1. The number of carbonyl (C=O) groups is 1. The first-order chi connectivity index (χ1) is 7.16. The molecule has 0 unspecified atom stereocenters. The fourth-order valence-corrected chi connectivity index (χ4v) is 2.29. The van der Waals surface area contributed by atoms with Crippen LogP contribution in [0.3, 0.4) is 0 Å². The molecular formula is C12H22N2O. The maximum atomic E-state index is 11.9. The molecular weight excluding hydrogens is 188 g/mol. The number of nitrogens with one attached hydrogen (secondary N) is 1. The fourth-order valence-electron chi connectivity index (χ4n) is 2.29. The van der Waals surface area contributed by atoms with Crippen molar-refractivity contribution in [2.24, 2.45) is 0 Å². The number of carbonyl (C=O) groups excluding carboxylic acids is 1. The first kappa shape index (κ1) is 12.2. The number of likely N-dealkylation sites (tertiary alicyclic amines) is 1. The third kappa shape index (κ3) is 3.34. The summed E-state index contributed by atoms with van der Waals surface area (Å²) in [6, 6.07) is 0.790. The Bertz CT molecular complexity index is 218. The van der Waals surface area contributed by atoms with Gasteiger partial charge in [0.15, 0.2) is 0 Å². The van der Waals surface area contributed by atoms with Crippen LogP contribution >= 0.6 is 0 Å². The van der Waals surface area contributed by atoms with Crippen molar-refractivity contribution in [1.82, 2.24) is 10.2 Å². The highest BCUT2D eigenvalue weighted by Crippen LogP contribution is 2.22. The van der Waals surface area contributed by atoms with Gasteiger partial charge < -0.3 is 10.2 Å². The van der Waals surface area contributed by atoms with E-state index in [4.69, 9.17) is 0 Å². The van der Waals surface area contributed by atoms with E-state index in [2.05, 4.69) is 25.7 Å². The van der Waals surface area contributed by atoms with Gasteiger partial charge in [0.05, 0.1) is 6.54 Å². The minimum Gasteiger partial charge on any atom is -0.336 e. The summed E-state index contributed by atoms with van der Waals surface area (Å²) in [5.41, 5.74) is 0. The molecule has 1 aliphatic rings. The second-order valence-electron chi connectivity index (χ2n) is 4.35. The van der Waals surface area contributed by atoms with Gasteiger partial charge in [-0.05, 0) is 33.1 Å². The van der Waals surface area contributed by atoms with Crippen LogP contribution in [-0.2, 0) is 4.79 Å². The predicted octanol–water partition coefficient (Wildman–Crippen LogP) is 1.55. The summed E-state index contributed by atoms with van der Waals surface area (Å²) in [7, 11) is 0. The zero-order valence-corrected chi connectivity index (χ0v) is 9.83. The van der Waals surface area contributed by atoms with E-state index in [1.807, 2.05) is 4.90 Å². The third-order valence-electron chi connectivity index (χ3n) is 3.05. The molecule has 2 atom stereocenters. The molecule has 1 amide bonds. The average molecular weight is 210 g/mol. The van der Waals surface area contributed by atoms with Crippen LogP contribution in [0.4, 0.5) is 0 Å². The zero-order chi connectivity index (χ0) is 11.3. The first-order valence-corrected chi connectivity index (χ1v) is 5.79. The lowest BCUT2D eigenvalue weighted by Gasteiger charge is -2.39. The van der Waals surface area contributed by atoms with Gasteiger partial charge in [-0.2, -0.15) is 0 Å². The summed E-state index contributed by atoms with van der Waals surface area (Å²) >= 11 is 0. The van der Waals surface area contributed by atoms with Gasteiger partial charge in [-0.25, -0.2) is 0 Å². The maximum Gasteiger partial charge on any atom is 0.237 e. The topological polar surface area (TPSA) is 32.3 Å². The van der Waals surface area contributed by atoms with Gasteiger partial charge in [0.1, 0.15) is 0 Å². The van der Waals surface area contributed by atoms with Crippen LogP contribution in [-0.4, -0.2) is 36.0 Å². The number of nitrogens with zero attached hydrogens (tertiary/aromatic N) is 1. The van der Waals surface area contributed by atoms with Crippen LogP contribution in [0.2, 0.25) is 0 Å². The Morgan fingerprint density at radius 2 is 2.07 bits per heavy atom. The van der Waals surface area contributed by atoms with E-state index in [1.165, 1.54) is 6.42 Å². The lowest BCUT2D eigenvalue weighted by molar-refractivity contribution is -0.136. The Morgan fingerprint density at radius 1 is 1.47 bits per heavy atom. The molecule has 0 aromatic carbocycles. The molecule has 0 aromatic heterocycles. The lowest BCUT2D eigenvalue weighted by Crippen LogP contribution is -2.50. The van der Waals surface area contributed by atoms with E-state index >= 15 is 0 Å². The number of rotatable bonds is 4. The normalized spacial score (nSPS) is 26.4. The van der Waals surface area contributed by atoms with Gasteiger partial charge in [0, 0.05) is 18.6 Å². The van der Waals surface area contributed by atoms with Gasteiger partial charge in [-0.15, -0.1) is 6.58 Å². The molecule has 0 bridgehead atoms. The van der Waals surface area contributed by atoms with Crippen molar-refractivity contribution < 1.29 is 4.79 Å². The fraction of sp³-hybridized carbons (Fsp3) is 0.750. The van der Waals surface area contributed by atoms with Crippen LogP contribution in [0.15, 0.2) is 12.7 Å². The maximum absolute atomic E-state index is 11.9. The molecule has 1 aliphatic heterocycles. The second-order valence-corrected chi connectivity index (χ2v) is 4.35. The van der Waals surface area contributed by atoms with Crippen LogP contribution in [0.25, 0.3) is 0 Å². The van der Waals surface area contributed by atoms with Crippen LogP contribution in [0.1, 0.15) is 33.1 Å². The van der Waals surface area contributed by atoms with E-state index in [9.17, 15) is 4.79 Å². The Balaban J connectivity index is 2.44. The smallest absolute Gasteiger partial charge is 0.237 e. The van der Waals surface area contributed by atoms with Crippen molar-refractivity contribution in [3.63, 3.8) is 0 Å². The molecule has 0 radical (unpaired) electrons. The van der Waals surface area contributed by atoms with Crippen molar-refractivity contribution >= 4 is 5.91 Å². The summed E-state index contributed by atoms with van der Waals surface area (Å²) in [6.45, 7) is 9.02. The SMILES string of the molecule is C=CCNCC(=O)N1[C@H](C)CCC[C@@H]1C. The molecule has 1 saturated heterocycles. The standard InChI is InChI=1S/C12H22N2O/c1-4-8-13-9-12(15)14-10(2)6-5-7-11(14)3/h4,10-11,13H,1,5-9H2,2-3H3/t10-,11+. The van der Waals surface area contributed by atoms with Gasteiger partial charge in [0.25, 0.3) is 0 Å². The molecule has 1 rings (SSSR count). The summed E-state index contributed by atoms with van der Waals surface area (Å²) < 4.78 is 0. The van der Waals surface area contributed by atoms with Gasteiger partial charge in [-0.1, -0.05) is 6.08 Å². The summed E-state index contributed by atoms with van der Waals surface area (Å²) in [6.07, 6.45) is 5.29. The predicted molar refractivity (Wildman–Crippen MR) is 62.7 cm³/mol. The van der Waals surface area contributed by atoms with E-state index in [0.717, 1.165) is 12.8 Å². The molecule has 0 spiro atoms. The van der Waals surface area contributed by atoms with E-state index in [1.54, 1.807) is 6.08 Å². The monoisotopic (exact) mass is 210 g/mol. The van der Waals surface area contributed by atoms with Crippen LogP contribution < -0.4 is 5.32 Å². The molecule has 15 heavy (non-hydrogen) atoms. The van der Waals surface area contributed by atoms with Crippen molar-refractivity contribution in [3.05, 3.63) is 12.7 Å². The molecule has 1 fully saturated rings. The molecule has 1 N–H and O–H groups in total. The van der Waals surface area contributed by atoms with Gasteiger partial charge in [0.2, 0.25) is 5.91 Å². The second kappa shape index (κ2) is 5.91. The molecule has 0 saturated carbocycles. The van der Waals surface area contributed by atoms with Gasteiger partial charge in [-0.3, -0.25) is 4.79 Å². The molecule has 3 nitrogen and oxygen atoms in total. The average Bonchev–Trinajstić information content (AvgIpc) is 2.18. The van der Waals surface area contributed by atoms with Crippen LogP contribution in [0.5, 0.6) is 0 Å². The molecule has 1 heterocycles. The lowest BCUT2D eigenvalue weighted by atomic mass is 9.97. The van der Waals surface area contributed by atoms with Crippen molar-refractivity contribution in [1.29, 1.82) is 0 Å². The molecule has 0 aromatic rings. The first-order valence-electron chi connectivity index (χ1n) is 5.79. The van der Waals surface area contributed by atoms with Gasteiger partial charge >= 0.3 is 0 Å². The van der Waals surface area contributed by atoms with E-state index < -0.39 is 0 Å². The molecule has 3 heteroatoms. The highest BCUT2D eigenvalue weighted by molar-refractivity contribution is 5.79. The minimum atomic E-state index is 0.219. The number of hydrogen-bond donors (Lipinski definition) is 1.